The van der Waals surface area contributed by atoms with Gasteiger partial charge < -0.3 is 11.1 Å². The van der Waals surface area contributed by atoms with Crippen molar-refractivity contribution < 1.29 is 4.79 Å². The topological polar surface area (TPSA) is 55.1 Å². The van der Waals surface area contributed by atoms with E-state index in [1.807, 2.05) is 0 Å². The normalized spacial score (nSPS) is 26.3. The average Bonchev–Trinajstić information content (AvgIpc) is 2.40. The van der Waals surface area contributed by atoms with E-state index in [2.05, 4.69) is 12.2 Å². The monoisotopic (exact) mass is 314 g/mol. The smallest absolute Gasteiger partial charge is 0.251 e. The van der Waals surface area contributed by atoms with Gasteiger partial charge in [-0.05, 0) is 37.0 Å². The summed E-state index contributed by atoms with van der Waals surface area (Å²) in [7, 11) is 0. The van der Waals surface area contributed by atoms with Crippen LogP contribution in [-0.4, -0.2) is 18.0 Å². The maximum atomic E-state index is 12.4. The molecule has 2 rings (SSSR count). The van der Waals surface area contributed by atoms with Crippen molar-refractivity contribution in [2.45, 2.75) is 38.1 Å². The Labute approximate surface area is 129 Å². The van der Waals surface area contributed by atoms with E-state index in [1.54, 1.807) is 18.2 Å². The minimum absolute atomic E-state index is 0.159. The zero-order valence-corrected chi connectivity index (χ0v) is 13.1. The van der Waals surface area contributed by atoms with Gasteiger partial charge in [-0.3, -0.25) is 4.79 Å². The van der Waals surface area contributed by atoms with Crippen molar-refractivity contribution in [3.05, 3.63) is 33.8 Å². The molecule has 110 valence electrons. The molecule has 0 heterocycles. The number of carbonyl (C=O) groups is 1. The van der Waals surface area contributed by atoms with Gasteiger partial charge in [0.1, 0.15) is 0 Å². The van der Waals surface area contributed by atoms with Crippen molar-refractivity contribution in [2.75, 3.05) is 6.54 Å². The second kappa shape index (κ2) is 6.33. The lowest BCUT2D eigenvalue weighted by molar-refractivity contribution is 0.0813. The first-order chi connectivity index (χ1) is 9.47. The van der Waals surface area contributed by atoms with Crippen LogP contribution in [0.25, 0.3) is 0 Å². The molecule has 0 aliphatic heterocycles. The van der Waals surface area contributed by atoms with Crippen LogP contribution in [0.3, 0.4) is 0 Å². The van der Waals surface area contributed by atoms with Crippen molar-refractivity contribution >= 4 is 29.1 Å². The second-order valence-corrected chi connectivity index (χ2v) is 6.49. The minimum atomic E-state index is -0.315. The van der Waals surface area contributed by atoms with Crippen molar-refractivity contribution in [2.24, 2.45) is 11.7 Å². The number of carbonyl (C=O) groups excluding carboxylic acids is 1. The second-order valence-electron chi connectivity index (χ2n) is 5.62. The van der Waals surface area contributed by atoms with E-state index in [0.29, 0.717) is 28.1 Å². The Morgan fingerprint density at radius 3 is 2.55 bits per heavy atom. The molecule has 0 bridgehead atoms. The summed E-state index contributed by atoms with van der Waals surface area (Å²) in [5, 5.41) is 4.04. The predicted octanol–water partition coefficient (Wildman–Crippen LogP) is 3.63. The van der Waals surface area contributed by atoms with Crippen LogP contribution in [0.5, 0.6) is 0 Å². The molecule has 1 fully saturated rings. The fourth-order valence-electron chi connectivity index (χ4n) is 2.94. The maximum absolute atomic E-state index is 12.4. The summed E-state index contributed by atoms with van der Waals surface area (Å²) in [5.41, 5.74) is 6.11. The Balaban J connectivity index is 2.20. The Hall–Kier alpha value is -0.770. The number of benzene rings is 1. The average molecular weight is 315 g/mol. The van der Waals surface area contributed by atoms with Gasteiger partial charge in [0.2, 0.25) is 0 Å². The van der Waals surface area contributed by atoms with Crippen LogP contribution in [0.15, 0.2) is 18.2 Å². The summed E-state index contributed by atoms with van der Waals surface area (Å²) < 4.78 is 0. The zero-order valence-electron chi connectivity index (χ0n) is 11.6. The third kappa shape index (κ3) is 3.27. The lowest BCUT2D eigenvalue weighted by Gasteiger charge is -2.42. The van der Waals surface area contributed by atoms with Crippen LogP contribution in [-0.2, 0) is 0 Å². The standard InChI is InChI=1S/C15H20Cl2N2O/c1-10-4-2-3-5-15(10,9-18)19-14(20)11-6-12(16)8-13(17)7-11/h6-8,10H,2-5,9,18H2,1H3,(H,19,20). The first-order valence-corrected chi connectivity index (χ1v) is 7.71. The van der Waals surface area contributed by atoms with Crippen LogP contribution in [0.1, 0.15) is 43.0 Å². The molecule has 1 aromatic carbocycles. The van der Waals surface area contributed by atoms with Crippen molar-refractivity contribution in [3.63, 3.8) is 0 Å². The molecule has 2 unspecified atom stereocenters. The Kier molecular flexibility index (Phi) is 4.95. The van der Waals surface area contributed by atoms with Crippen LogP contribution >= 0.6 is 23.2 Å². The molecular formula is C15H20Cl2N2O. The first-order valence-electron chi connectivity index (χ1n) is 6.95. The third-order valence-corrected chi connectivity index (χ3v) is 4.74. The van der Waals surface area contributed by atoms with Crippen molar-refractivity contribution in [3.8, 4) is 0 Å². The highest BCUT2D eigenvalue weighted by Gasteiger charge is 2.38. The van der Waals surface area contributed by atoms with E-state index in [4.69, 9.17) is 28.9 Å². The largest absolute Gasteiger partial charge is 0.345 e. The van der Waals surface area contributed by atoms with Gasteiger partial charge in [-0.15, -0.1) is 0 Å². The minimum Gasteiger partial charge on any atom is -0.345 e. The fourth-order valence-corrected chi connectivity index (χ4v) is 3.46. The van der Waals surface area contributed by atoms with Gasteiger partial charge in [0.05, 0.1) is 5.54 Å². The number of rotatable bonds is 3. The molecule has 3 nitrogen and oxygen atoms in total. The van der Waals surface area contributed by atoms with Crippen molar-refractivity contribution in [1.82, 2.24) is 5.32 Å². The lowest BCUT2D eigenvalue weighted by Crippen LogP contribution is -2.59. The van der Waals surface area contributed by atoms with E-state index < -0.39 is 0 Å². The quantitative estimate of drug-likeness (QED) is 0.895. The summed E-state index contributed by atoms with van der Waals surface area (Å²) >= 11 is 11.9. The van der Waals surface area contributed by atoms with Gasteiger partial charge in [0.25, 0.3) is 5.91 Å². The molecule has 1 amide bonds. The summed E-state index contributed by atoms with van der Waals surface area (Å²) in [6.45, 7) is 2.60. The molecular weight excluding hydrogens is 295 g/mol. The number of halogens is 2. The predicted molar refractivity (Wildman–Crippen MR) is 83.3 cm³/mol. The number of hydrogen-bond donors (Lipinski definition) is 2. The van der Waals surface area contributed by atoms with Crippen LogP contribution in [0.2, 0.25) is 10.0 Å². The Morgan fingerprint density at radius 2 is 2.00 bits per heavy atom. The van der Waals surface area contributed by atoms with E-state index in [-0.39, 0.29) is 11.4 Å². The summed E-state index contributed by atoms with van der Waals surface area (Å²) in [6.07, 6.45) is 4.30. The van der Waals surface area contributed by atoms with E-state index >= 15 is 0 Å². The number of amides is 1. The van der Waals surface area contributed by atoms with Gasteiger partial charge in [-0.2, -0.15) is 0 Å². The highest BCUT2D eigenvalue weighted by molar-refractivity contribution is 6.35. The maximum Gasteiger partial charge on any atom is 0.251 e. The van der Waals surface area contributed by atoms with Gasteiger partial charge >= 0.3 is 0 Å². The highest BCUT2D eigenvalue weighted by Crippen LogP contribution is 2.33. The number of nitrogens with two attached hydrogens (primary N) is 1. The van der Waals surface area contributed by atoms with Gasteiger partial charge in [-0.25, -0.2) is 0 Å². The first kappa shape index (κ1) is 15.6. The lowest BCUT2D eigenvalue weighted by atomic mass is 9.73. The summed E-state index contributed by atoms with van der Waals surface area (Å²) in [4.78, 5) is 12.4. The molecule has 1 aromatic rings. The summed E-state index contributed by atoms with van der Waals surface area (Å²) in [5.74, 6) is 0.216. The van der Waals surface area contributed by atoms with Gasteiger partial charge in [0.15, 0.2) is 0 Å². The molecule has 1 saturated carbocycles. The Morgan fingerprint density at radius 1 is 1.35 bits per heavy atom. The van der Waals surface area contributed by atoms with Gasteiger partial charge in [-0.1, -0.05) is 43.0 Å². The van der Waals surface area contributed by atoms with Crippen LogP contribution in [0, 0.1) is 5.92 Å². The molecule has 1 aliphatic carbocycles. The van der Waals surface area contributed by atoms with Crippen LogP contribution in [0.4, 0.5) is 0 Å². The molecule has 20 heavy (non-hydrogen) atoms. The SMILES string of the molecule is CC1CCCCC1(CN)NC(=O)c1cc(Cl)cc(Cl)c1. The fraction of sp³-hybridized carbons (Fsp3) is 0.533. The van der Waals surface area contributed by atoms with E-state index in [1.165, 1.54) is 6.42 Å². The molecule has 0 radical (unpaired) electrons. The zero-order chi connectivity index (χ0) is 14.8. The van der Waals surface area contributed by atoms with Crippen LogP contribution < -0.4 is 11.1 Å². The summed E-state index contributed by atoms with van der Waals surface area (Å²) in [6, 6.07) is 4.86. The van der Waals surface area contributed by atoms with E-state index in [9.17, 15) is 4.79 Å². The molecule has 0 spiro atoms. The number of hydrogen-bond acceptors (Lipinski definition) is 2. The molecule has 3 N–H and O–H groups in total. The molecule has 2 atom stereocenters. The Bertz CT molecular complexity index is 486. The molecule has 5 heteroatoms. The number of nitrogens with one attached hydrogen (secondary N) is 1. The third-order valence-electron chi connectivity index (χ3n) is 4.30. The molecule has 0 saturated heterocycles. The van der Waals surface area contributed by atoms with Crippen molar-refractivity contribution in [1.29, 1.82) is 0 Å². The molecule has 0 aromatic heterocycles. The highest BCUT2D eigenvalue weighted by atomic mass is 35.5. The molecule has 1 aliphatic rings. The van der Waals surface area contributed by atoms with Gasteiger partial charge in [0, 0.05) is 22.2 Å². The van der Waals surface area contributed by atoms with E-state index in [0.717, 1.165) is 19.3 Å².